The molecule has 2 aromatic carbocycles. The van der Waals surface area contributed by atoms with Crippen LogP contribution in [0.3, 0.4) is 0 Å². The Balaban J connectivity index is 1.55. The highest BCUT2D eigenvalue weighted by atomic mass is 79.9. The van der Waals surface area contributed by atoms with Gasteiger partial charge in [0.15, 0.2) is 6.61 Å². The Morgan fingerprint density at radius 3 is 2.64 bits per heavy atom. The number of aromatic amines is 1. The van der Waals surface area contributed by atoms with Crippen LogP contribution in [0, 0.1) is 5.82 Å². The van der Waals surface area contributed by atoms with Crippen LogP contribution in [0.1, 0.15) is 16.1 Å². The third-order valence-corrected chi connectivity index (χ3v) is 4.53. The lowest BCUT2D eigenvalue weighted by Gasteiger charge is -2.17. The van der Waals surface area contributed by atoms with E-state index in [1.807, 2.05) is 24.3 Å². The molecule has 0 saturated carbocycles. The number of hydrogen-bond donors (Lipinski definition) is 1. The minimum Gasteiger partial charge on any atom is -0.451 e. The Kier molecular flexibility index (Phi) is 6.20. The number of hydrogen-bond acceptors (Lipinski definition) is 4. The Hall–Kier alpha value is -3.00. The molecule has 0 unspecified atom stereocenters. The zero-order chi connectivity index (χ0) is 20.1. The average Bonchev–Trinajstić information content (AvgIpc) is 3.16. The summed E-state index contributed by atoms with van der Waals surface area (Å²) in [6.07, 6.45) is 0. The van der Waals surface area contributed by atoms with Crippen molar-refractivity contribution in [3.05, 3.63) is 76.1 Å². The van der Waals surface area contributed by atoms with Gasteiger partial charge in [-0.2, -0.15) is 5.10 Å². The first-order valence-corrected chi connectivity index (χ1v) is 9.18. The summed E-state index contributed by atoms with van der Waals surface area (Å²) < 4.78 is 19.2. The second-order valence-corrected chi connectivity index (χ2v) is 7.05. The Morgan fingerprint density at radius 2 is 1.93 bits per heavy atom. The molecule has 0 fully saturated rings. The quantitative estimate of drug-likeness (QED) is 0.585. The molecule has 3 aromatic rings. The first kappa shape index (κ1) is 19.8. The molecule has 8 heteroatoms. The molecule has 1 heterocycles. The van der Waals surface area contributed by atoms with Crippen LogP contribution in [0.5, 0.6) is 0 Å². The molecule has 0 bridgehead atoms. The van der Waals surface area contributed by atoms with Crippen LogP contribution in [0.4, 0.5) is 4.39 Å². The number of nitrogens with zero attached hydrogens (tertiary/aromatic N) is 2. The number of aromatic nitrogens is 2. The summed E-state index contributed by atoms with van der Waals surface area (Å²) in [6.45, 7) is -0.205. The third-order valence-electron chi connectivity index (χ3n) is 4.00. The van der Waals surface area contributed by atoms with Gasteiger partial charge in [-0.1, -0.05) is 40.2 Å². The third kappa shape index (κ3) is 5.04. The molecule has 1 aromatic heterocycles. The minimum atomic E-state index is -0.677. The van der Waals surface area contributed by atoms with Crippen LogP contribution in [-0.4, -0.2) is 40.6 Å². The molecule has 0 radical (unpaired) electrons. The van der Waals surface area contributed by atoms with Crippen molar-refractivity contribution < 1.29 is 18.7 Å². The number of halogens is 2. The molecule has 144 valence electrons. The normalized spacial score (nSPS) is 10.5. The van der Waals surface area contributed by atoms with Gasteiger partial charge in [-0.25, -0.2) is 9.18 Å². The van der Waals surface area contributed by atoms with E-state index in [1.54, 1.807) is 25.2 Å². The Bertz CT molecular complexity index is 988. The average molecular weight is 446 g/mol. The SMILES string of the molecule is CN(Cc1cccc(F)c1)C(=O)COC(=O)c1cc(-c2ccc(Br)cc2)n[nH]1. The van der Waals surface area contributed by atoms with Gasteiger partial charge >= 0.3 is 5.97 Å². The number of ether oxygens (including phenoxy) is 1. The molecule has 0 atom stereocenters. The first-order chi connectivity index (χ1) is 13.4. The van der Waals surface area contributed by atoms with E-state index in [2.05, 4.69) is 26.1 Å². The summed E-state index contributed by atoms with van der Waals surface area (Å²) >= 11 is 3.36. The molecular formula is C20H17BrFN3O3. The number of esters is 1. The summed E-state index contributed by atoms with van der Waals surface area (Å²) in [5, 5.41) is 6.71. The summed E-state index contributed by atoms with van der Waals surface area (Å²) in [6, 6.07) is 15.0. The molecular weight excluding hydrogens is 429 g/mol. The highest BCUT2D eigenvalue weighted by Crippen LogP contribution is 2.20. The van der Waals surface area contributed by atoms with Crippen LogP contribution in [-0.2, 0) is 16.1 Å². The second-order valence-electron chi connectivity index (χ2n) is 6.13. The smallest absolute Gasteiger partial charge is 0.356 e. The van der Waals surface area contributed by atoms with Crippen molar-refractivity contribution in [2.75, 3.05) is 13.7 Å². The molecule has 3 rings (SSSR count). The molecule has 1 amide bonds. The maximum atomic E-state index is 13.2. The van der Waals surface area contributed by atoms with Gasteiger partial charge in [0.2, 0.25) is 0 Å². The lowest BCUT2D eigenvalue weighted by atomic mass is 10.1. The number of H-pyrrole nitrogens is 1. The highest BCUT2D eigenvalue weighted by molar-refractivity contribution is 9.10. The largest absolute Gasteiger partial charge is 0.451 e. The topological polar surface area (TPSA) is 75.3 Å². The summed E-state index contributed by atoms with van der Waals surface area (Å²) in [5.74, 6) is -1.45. The van der Waals surface area contributed by atoms with Crippen molar-refractivity contribution in [2.24, 2.45) is 0 Å². The molecule has 0 spiro atoms. The maximum Gasteiger partial charge on any atom is 0.356 e. The van der Waals surface area contributed by atoms with E-state index in [9.17, 15) is 14.0 Å². The van der Waals surface area contributed by atoms with Gasteiger partial charge in [-0.3, -0.25) is 9.89 Å². The fourth-order valence-corrected chi connectivity index (χ4v) is 2.77. The van der Waals surface area contributed by atoms with Gasteiger partial charge in [0, 0.05) is 23.6 Å². The predicted molar refractivity (Wildman–Crippen MR) is 105 cm³/mol. The van der Waals surface area contributed by atoms with Crippen LogP contribution < -0.4 is 0 Å². The zero-order valence-electron chi connectivity index (χ0n) is 15.0. The van der Waals surface area contributed by atoms with Gasteiger partial charge in [-0.05, 0) is 35.9 Å². The van der Waals surface area contributed by atoms with Gasteiger partial charge in [0.25, 0.3) is 5.91 Å². The Labute approximate surface area is 169 Å². The van der Waals surface area contributed by atoms with Crippen LogP contribution in [0.2, 0.25) is 0 Å². The van der Waals surface area contributed by atoms with E-state index in [1.165, 1.54) is 17.0 Å². The van der Waals surface area contributed by atoms with Gasteiger partial charge in [0.1, 0.15) is 11.5 Å². The van der Waals surface area contributed by atoms with Crippen LogP contribution in [0.15, 0.2) is 59.1 Å². The molecule has 0 saturated heterocycles. The van der Waals surface area contributed by atoms with Crippen molar-refractivity contribution in [3.63, 3.8) is 0 Å². The highest BCUT2D eigenvalue weighted by Gasteiger charge is 2.16. The van der Waals surface area contributed by atoms with E-state index < -0.39 is 18.5 Å². The fourth-order valence-electron chi connectivity index (χ4n) is 2.51. The number of carbonyl (C=O) groups excluding carboxylic acids is 2. The number of carbonyl (C=O) groups is 2. The zero-order valence-corrected chi connectivity index (χ0v) is 16.6. The van der Waals surface area contributed by atoms with E-state index in [0.29, 0.717) is 11.3 Å². The summed E-state index contributed by atoms with van der Waals surface area (Å²) in [5.41, 5.74) is 2.23. The fraction of sp³-hybridized carbons (Fsp3) is 0.150. The molecule has 1 N–H and O–H groups in total. The summed E-state index contributed by atoms with van der Waals surface area (Å²) in [7, 11) is 1.56. The van der Waals surface area contributed by atoms with Crippen molar-refractivity contribution in [1.29, 1.82) is 0 Å². The standard InChI is InChI=1S/C20H17BrFN3O3/c1-25(11-13-3-2-4-16(22)9-13)19(26)12-28-20(27)18-10-17(23-24-18)14-5-7-15(21)8-6-14/h2-10H,11-12H2,1H3,(H,23,24). The first-order valence-electron chi connectivity index (χ1n) is 8.39. The molecule has 6 nitrogen and oxygen atoms in total. The van der Waals surface area contributed by atoms with Crippen LogP contribution in [0.25, 0.3) is 11.3 Å². The Morgan fingerprint density at radius 1 is 1.18 bits per heavy atom. The predicted octanol–water partition coefficient (Wildman–Crippen LogP) is 3.79. The molecule has 0 aliphatic heterocycles. The number of likely N-dealkylation sites (N-methyl/N-ethyl adjacent to an activating group) is 1. The van der Waals surface area contributed by atoms with Crippen molar-refractivity contribution in [1.82, 2.24) is 15.1 Å². The van der Waals surface area contributed by atoms with Crippen molar-refractivity contribution in [2.45, 2.75) is 6.54 Å². The molecule has 0 aliphatic carbocycles. The maximum absolute atomic E-state index is 13.2. The number of amides is 1. The second kappa shape index (κ2) is 8.79. The van der Waals surface area contributed by atoms with E-state index in [-0.39, 0.29) is 18.1 Å². The van der Waals surface area contributed by atoms with Gasteiger partial charge < -0.3 is 9.64 Å². The number of nitrogens with one attached hydrogen (secondary N) is 1. The van der Waals surface area contributed by atoms with Gasteiger partial charge in [0.05, 0.1) is 5.69 Å². The lowest BCUT2D eigenvalue weighted by molar-refractivity contribution is -0.133. The van der Waals surface area contributed by atoms with E-state index in [4.69, 9.17) is 4.74 Å². The lowest BCUT2D eigenvalue weighted by Crippen LogP contribution is -2.30. The van der Waals surface area contributed by atoms with E-state index >= 15 is 0 Å². The summed E-state index contributed by atoms with van der Waals surface area (Å²) in [4.78, 5) is 25.7. The van der Waals surface area contributed by atoms with Crippen molar-refractivity contribution in [3.8, 4) is 11.3 Å². The number of benzene rings is 2. The minimum absolute atomic E-state index is 0.151. The number of rotatable bonds is 6. The van der Waals surface area contributed by atoms with Crippen LogP contribution >= 0.6 is 15.9 Å². The van der Waals surface area contributed by atoms with Crippen molar-refractivity contribution >= 4 is 27.8 Å². The molecule has 28 heavy (non-hydrogen) atoms. The van der Waals surface area contributed by atoms with Gasteiger partial charge in [-0.15, -0.1) is 0 Å². The van der Waals surface area contributed by atoms with E-state index in [0.717, 1.165) is 10.0 Å². The molecule has 0 aliphatic rings. The monoisotopic (exact) mass is 445 g/mol.